The fourth-order valence-corrected chi connectivity index (χ4v) is 4.80. The van der Waals surface area contributed by atoms with E-state index in [-0.39, 0.29) is 46.5 Å². The van der Waals surface area contributed by atoms with Crippen molar-refractivity contribution in [2.45, 2.75) is 12.3 Å². The standard InChI is InChI=1S/C27H23ClN2O5/c28-23-10-9-15(26(32)33)12-24(23)30-25(31)21-11-16(21)13-29-27(34)35-14-22-19-7-3-1-5-17(19)18-6-2-4-8-20(18)22/h1-10,12,16,21-22H,11,13-14H2,(H,29,34)(H,30,31)(H,32,33)/t16-,21-/m1/s1. The molecule has 0 bridgehead atoms. The van der Waals surface area contributed by atoms with E-state index in [1.165, 1.54) is 18.2 Å². The minimum absolute atomic E-state index is 0.0149. The van der Waals surface area contributed by atoms with Crippen LogP contribution in [0.4, 0.5) is 10.5 Å². The maximum absolute atomic E-state index is 12.5. The molecule has 1 fully saturated rings. The van der Waals surface area contributed by atoms with Crippen LogP contribution in [0.1, 0.15) is 33.8 Å². The van der Waals surface area contributed by atoms with E-state index in [0.29, 0.717) is 13.0 Å². The van der Waals surface area contributed by atoms with Crippen LogP contribution in [0.25, 0.3) is 11.1 Å². The highest BCUT2D eigenvalue weighted by molar-refractivity contribution is 6.33. The van der Waals surface area contributed by atoms with E-state index >= 15 is 0 Å². The number of carbonyl (C=O) groups excluding carboxylic acids is 2. The van der Waals surface area contributed by atoms with E-state index in [2.05, 4.69) is 34.9 Å². The lowest BCUT2D eigenvalue weighted by Gasteiger charge is -2.14. The Kier molecular flexibility index (Phi) is 6.17. The van der Waals surface area contributed by atoms with Gasteiger partial charge in [-0.2, -0.15) is 0 Å². The second-order valence-electron chi connectivity index (χ2n) is 8.80. The topological polar surface area (TPSA) is 105 Å². The summed E-state index contributed by atoms with van der Waals surface area (Å²) in [6, 6.07) is 20.4. The molecule has 35 heavy (non-hydrogen) atoms. The number of halogens is 1. The second kappa shape index (κ2) is 9.43. The van der Waals surface area contributed by atoms with Crippen LogP contribution >= 0.6 is 11.6 Å². The van der Waals surface area contributed by atoms with Crippen molar-refractivity contribution in [2.75, 3.05) is 18.5 Å². The third kappa shape index (κ3) is 4.72. The molecule has 8 heteroatoms. The molecule has 178 valence electrons. The number of rotatable bonds is 7. The summed E-state index contributed by atoms with van der Waals surface area (Å²) in [5.74, 6) is -1.67. The lowest BCUT2D eigenvalue weighted by molar-refractivity contribution is -0.117. The fourth-order valence-electron chi connectivity index (χ4n) is 4.64. The molecular weight excluding hydrogens is 468 g/mol. The number of carboxylic acid groups (broad SMARTS) is 1. The third-order valence-electron chi connectivity index (χ3n) is 6.58. The van der Waals surface area contributed by atoms with E-state index < -0.39 is 12.1 Å². The highest BCUT2D eigenvalue weighted by Crippen LogP contribution is 2.44. The van der Waals surface area contributed by atoms with Gasteiger partial charge < -0.3 is 20.5 Å². The van der Waals surface area contributed by atoms with Gasteiger partial charge in [0.1, 0.15) is 6.61 Å². The molecule has 7 nitrogen and oxygen atoms in total. The predicted octanol–water partition coefficient (Wildman–Crippen LogP) is 5.15. The van der Waals surface area contributed by atoms with Crippen molar-refractivity contribution < 1.29 is 24.2 Å². The molecule has 2 aliphatic rings. The normalized spacial score (nSPS) is 17.7. The molecule has 0 radical (unpaired) electrons. The number of nitrogens with one attached hydrogen (secondary N) is 2. The first-order valence-electron chi connectivity index (χ1n) is 11.3. The zero-order valence-electron chi connectivity index (χ0n) is 18.7. The fraction of sp³-hybridized carbons (Fsp3) is 0.222. The third-order valence-corrected chi connectivity index (χ3v) is 6.91. The van der Waals surface area contributed by atoms with Gasteiger partial charge in [-0.3, -0.25) is 4.79 Å². The highest BCUT2D eigenvalue weighted by Gasteiger charge is 2.43. The summed E-state index contributed by atoms with van der Waals surface area (Å²) in [5, 5.41) is 14.8. The molecule has 0 saturated heterocycles. The lowest BCUT2D eigenvalue weighted by atomic mass is 9.98. The number of amides is 2. The second-order valence-corrected chi connectivity index (χ2v) is 9.20. The Morgan fingerprint density at radius 2 is 1.63 bits per heavy atom. The van der Waals surface area contributed by atoms with Crippen LogP contribution in [0.2, 0.25) is 5.02 Å². The number of carbonyl (C=O) groups is 3. The molecule has 5 rings (SSSR count). The Morgan fingerprint density at radius 3 is 2.29 bits per heavy atom. The van der Waals surface area contributed by atoms with Crippen molar-refractivity contribution in [3.05, 3.63) is 88.4 Å². The molecule has 0 heterocycles. The quantitative estimate of drug-likeness (QED) is 0.424. The predicted molar refractivity (Wildman–Crippen MR) is 132 cm³/mol. The van der Waals surface area contributed by atoms with Gasteiger partial charge in [0.2, 0.25) is 5.91 Å². The van der Waals surface area contributed by atoms with Crippen LogP contribution in [0.15, 0.2) is 66.7 Å². The molecule has 0 unspecified atom stereocenters. The first kappa shape index (κ1) is 22.9. The van der Waals surface area contributed by atoms with Crippen molar-refractivity contribution in [3.8, 4) is 11.1 Å². The SMILES string of the molecule is O=C(NC[C@H]1C[C@H]1C(=O)Nc1cc(C(=O)O)ccc1Cl)OCC1c2ccccc2-c2ccccc21. The Bertz CT molecular complexity index is 1280. The summed E-state index contributed by atoms with van der Waals surface area (Å²) in [7, 11) is 0. The molecule has 3 aromatic carbocycles. The van der Waals surface area contributed by atoms with Gasteiger partial charge in [0.15, 0.2) is 0 Å². The Hall–Kier alpha value is -3.84. The summed E-state index contributed by atoms with van der Waals surface area (Å²) >= 11 is 6.08. The van der Waals surface area contributed by atoms with Gasteiger partial charge in [-0.25, -0.2) is 9.59 Å². The van der Waals surface area contributed by atoms with E-state index in [1.54, 1.807) is 0 Å². The van der Waals surface area contributed by atoms with Gasteiger partial charge in [-0.05, 0) is 52.8 Å². The molecule has 2 atom stereocenters. The molecule has 3 aromatic rings. The van der Waals surface area contributed by atoms with Crippen LogP contribution < -0.4 is 10.6 Å². The van der Waals surface area contributed by atoms with Gasteiger partial charge in [0, 0.05) is 18.4 Å². The van der Waals surface area contributed by atoms with Crippen LogP contribution in [0, 0.1) is 11.8 Å². The molecule has 1 saturated carbocycles. The number of hydrogen-bond acceptors (Lipinski definition) is 4. The first-order valence-corrected chi connectivity index (χ1v) is 11.7. The van der Waals surface area contributed by atoms with E-state index in [4.69, 9.17) is 21.4 Å². The Balaban J connectivity index is 1.11. The molecule has 2 aliphatic carbocycles. The summed E-state index contributed by atoms with van der Waals surface area (Å²) in [5.41, 5.74) is 4.91. The van der Waals surface area contributed by atoms with E-state index in [1.807, 2.05) is 24.3 Å². The average molecular weight is 491 g/mol. The van der Waals surface area contributed by atoms with Crippen molar-refractivity contribution >= 4 is 35.3 Å². The Labute approximate surface area is 207 Å². The van der Waals surface area contributed by atoms with Crippen LogP contribution in [0.5, 0.6) is 0 Å². The lowest BCUT2D eigenvalue weighted by Crippen LogP contribution is -2.29. The minimum atomic E-state index is -1.10. The molecule has 3 N–H and O–H groups in total. The molecule has 0 spiro atoms. The number of alkyl carbamates (subject to hydrolysis) is 1. The molecule has 2 amide bonds. The number of anilines is 1. The zero-order chi connectivity index (χ0) is 24.5. The molecule has 0 aromatic heterocycles. The van der Waals surface area contributed by atoms with Gasteiger partial charge in [-0.15, -0.1) is 0 Å². The van der Waals surface area contributed by atoms with Crippen LogP contribution in [-0.2, 0) is 9.53 Å². The number of benzene rings is 3. The number of aromatic carboxylic acids is 1. The van der Waals surface area contributed by atoms with Gasteiger partial charge in [-0.1, -0.05) is 60.1 Å². The maximum Gasteiger partial charge on any atom is 0.407 e. The van der Waals surface area contributed by atoms with Crippen LogP contribution in [0.3, 0.4) is 0 Å². The molecular formula is C27H23ClN2O5. The van der Waals surface area contributed by atoms with Crippen molar-refractivity contribution in [1.82, 2.24) is 5.32 Å². The highest BCUT2D eigenvalue weighted by atomic mass is 35.5. The summed E-state index contributed by atoms with van der Waals surface area (Å²) < 4.78 is 5.54. The zero-order valence-corrected chi connectivity index (χ0v) is 19.4. The van der Waals surface area contributed by atoms with Crippen molar-refractivity contribution in [2.24, 2.45) is 11.8 Å². The number of hydrogen-bond donors (Lipinski definition) is 3. The van der Waals surface area contributed by atoms with Gasteiger partial charge in [0.25, 0.3) is 0 Å². The number of ether oxygens (including phenoxy) is 1. The monoisotopic (exact) mass is 490 g/mol. The summed E-state index contributed by atoms with van der Waals surface area (Å²) in [4.78, 5) is 36.0. The van der Waals surface area contributed by atoms with E-state index in [0.717, 1.165) is 22.3 Å². The molecule has 0 aliphatic heterocycles. The summed E-state index contributed by atoms with van der Waals surface area (Å²) in [6.45, 7) is 0.546. The average Bonchev–Trinajstić information content (AvgIpc) is 3.58. The number of fused-ring (bicyclic) bond motifs is 3. The van der Waals surface area contributed by atoms with E-state index in [9.17, 15) is 14.4 Å². The Morgan fingerprint density at radius 1 is 0.971 bits per heavy atom. The number of carboxylic acids is 1. The largest absolute Gasteiger partial charge is 0.478 e. The smallest absolute Gasteiger partial charge is 0.407 e. The first-order chi connectivity index (χ1) is 16.9. The van der Waals surface area contributed by atoms with Crippen molar-refractivity contribution in [1.29, 1.82) is 0 Å². The summed E-state index contributed by atoms with van der Waals surface area (Å²) in [6.07, 6.45) is 0.0984. The van der Waals surface area contributed by atoms with Crippen LogP contribution in [-0.4, -0.2) is 36.2 Å². The van der Waals surface area contributed by atoms with Gasteiger partial charge in [0.05, 0.1) is 16.3 Å². The van der Waals surface area contributed by atoms with Gasteiger partial charge >= 0.3 is 12.1 Å². The minimum Gasteiger partial charge on any atom is -0.478 e. The van der Waals surface area contributed by atoms with Crippen molar-refractivity contribution in [3.63, 3.8) is 0 Å². The maximum atomic E-state index is 12.5.